The molecule has 1 aromatic heterocycles. The number of nitrogens with zero attached hydrogens (tertiary/aromatic N) is 4. The molecule has 0 radical (unpaired) electrons. The van der Waals surface area contributed by atoms with Gasteiger partial charge in [0.1, 0.15) is 5.82 Å². The van der Waals surface area contributed by atoms with Crippen molar-refractivity contribution >= 4 is 39.0 Å². The van der Waals surface area contributed by atoms with Gasteiger partial charge in [-0.2, -0.15) is 9.40 Å². The number of carbonyl (C=O) groups excluding carboxylic acids is 1. The molecule has 10 nitrogen and oxygen atoms in total. The van der Waals surface area contributed by atoms with Gasteiger partial charge in [0.05, 0.1) is 32.8 Å². The molecule has 0 unspecified atom stereocenters. The third kappa shape index (κ3) is 6.10. The summed E-state index contributed by atoms with van der Waals surface area (Å²) in [5.74, 6) is -0.218. The Morgan fingerprint density at radius 2 is 1.81 bits per heavy atom. The molecule has 3 aromatic rings. The van der Waals surface area contributed by atoms with E-state index in [4.69, 9.17) is 11.6 Å². The minimum Gasteiger partial charge on any atom is -0.309 e. The zero-order valence-corrected chi connectivity index (χ0v) is 22.0. The van der Waals surface area contributed by atoms with Crippen molar-refractivity contribution in [1.82, 2.24) is 14.1 Å². The molecular formula is C24H28ClN5O5S. The third-order valence-corrected chi connectivity index (χ3v) is 7.48. The largest absolute Gasteiger partial charge is 0.309 e. The molecule has 1 heterocycles. The Kier molecular flexibility index (Phi) is 8.17. The van der Waals surface area contributed by atoms with Crippen LogP contribution < -0.4 is 5.32 Å². The van der Waals surface area contributed by atoms with Gasteiger partial charge in [-0.1, -0.05) is 51.4 Å². The molecule has 0 aliphatic rings. The Bertz CT molecular complexity index is 1360. The SMILES string of the molecule is CCCN(CC(=O)Nc1cc(C(C)(C)C)nn1-c1ccccc1Cl)S(=O)(=O)c1ccc([N+](=O)[O-])cc1. The number of carbonyl (C=O) groups is 1. The van der Waals surface area contributed by atoms with Crippen molar-refractivity contribution in [2.45, 2.75) is 44.4 Å². The topological polar surface area (TPSA) is 127 Å². The maximum atomic E-state index is 13.2. The maximum absolute atomic E-state index is 13.2. The molecule has 2 aromatic carbocycles. The highest BCUT2D eigenvalue weighted by Gasteiger charge is 2.28. The maximum Gasteiger partial charge on any atom is 0.269 e. The fourth-order valence-electron chi connectivity index (χ4n) is 3.41. The van der Waals surface area contributed by atoms with Gasteiger partial charge in [0.15, 0.2) is 0 Å². The van der Waals surface area contributed by atoms with Gasteiger partial charge in [0.25, 0.3) is 5.69 Å². The van der Waals surface area contributed by atoms with Crippen LogP contribution in [0.15, 0.2) is 59.5 Å². The number of rotatable bonds is 9. The van der Waals surface area contributed by atoms with Gasteiger partial charge < -0.3 is 5.32 Å². The van der Waals surface area contributed by atoms with E-state index in [1.807, 2.05) is 20.8 Å². The summed E-state index contributed by atoms with van der Waals surface area (Å²) in [6.07, 6.45) is 0.464. The molecule has 0 bridgehead atoms. The molecule has 36 heavy (non-hydrogen) atoms. The van der Waals surface area contributed by atoms with E-state index in [-0.39, 0.29) is 22.5 Å². The molecule has 0 aliphatic carbocycles. The lowest BCUT2D eigenvalue weighted by molar-refractivity contribution is -0.384. The number of sulfonamides is 1. The van der Waals surface area contributed by atoms with Crippen molar-refractivity contribution in [3.63, 3.8) is 0 Å². The van der Waals surface area contributed by atoms with Crippen LogP contribution in [-0.4, -0.2) is 46.4 Å². The van der Waals surface area contributed by atoms with Gasteiger partial charge in [-0.15, -0.1) is 0 Å². The molecule has 12 heteroatoms. The van der Waals surface area contributed by atoms with E-state index >= 15 is 0 Å². The minimum atomic E-state index is -4.07. The number of aromatic nitrogens is 2. The van der Waals surface area contributed by atoms with Crippen molar-refractivity contribution in [2.24, 2.45) is 0 Å². The van der Waals surface area contributed by atoms with Crippen molar-refractivity contribution in [2.75, 3.05) is 18.4 Å². The van der Waals surface area contributed by atoms with Gasteiger partial charge in [0, 0.05) is 30.2 Å². The summed E-state index contributed by atoms with van der Waals surface area (Å²) < 4.78 is 29.0. The zero-order valence-electron chi connectivity index (χ0n) is 20.4. The lowest BCUT2D eigenvalue weighted by Crippen LogP contribution is -2.38. The van der Waals surface area contributed by atoms with Crippen molar-refractivity contribution in [3.8, 4) is 5.69 Å². The number of nitrogens with one attached hydrogen (secondary N) is 1. The number of non-ortho nitro benzene ring substituents is 1. The second kappa shape index (κ2) is 10.8. The number of benzene rings is 2. The summed E-state index contributed by atoms with van der Waals surface area (Å²) in [6, 6.07) is 13.3. The normalized spacial score (nSPS) is 12.1. The first-order valence-corrected chi connectivity index (χ1v) is 13.1. The summed E-state index contributed by atoms with van der Waals surface area (Å²) in [6.45, 7) is 7.38. The van der Waals surface area contributed by atoms with E-state index in [0.717, 1.165) is 28.6 Å². The monoisotopic (exact) mass is 533 g/mol. The Hall–Kier alpha value is -3.28. The second-order valence-corrected chi connectivity index (χ2v) is 11.5. The number of amides is 1. The number of hydrogen-bond donors (Lipinski definition) is 1. The summed E-state index contributed by atoms with van der Waals surface area (Å²) in [5, 5.41) is 18.7. The molecular weight excluding hydrogens is 506 g/mol. The molecule has 1 amide bonds. The van der Waals surface area contributed by atoms with Gasteiger partial charge in [-0.05, 0) is 30.7 Å². The quantitative estimate of drug-likeness (QED) is 0.311. The fraction of sp³-hybridized carbons (Fsp3) is 0.333. The standard InChI is InChI=1S/C24H28ClN5O5S/c1-5-14-28(36(34,35)18-12-10-17(11-13-18)30(32)33)16-23(31)26-22-15-21(24(2,3)4)27-29(22)20-9-7-6-8-19(20)25/h6-13,15H,5,14,16H2,1-4H3,(H,26,31). The highest BCUT2D eigenvalue weighted by Crippen LogP contribution is 2.29. The Morgan fingerprint density at radius 1 is 1.17 bits per heavy atom. The van der Waals surface area contributed by atoms with Gasteiger partial charge in [0.2, 0.25) is 15.9 Å². The second-order valence-electron chi connectivity index (χ2n) is 9.17. The third-order valence-electron chi connectivity index (χ3n) is 5.30. The van der Waals surface area contributed by atoms with Crippen LogP contribution in [0.2, 0.25) is 5.02 Å². The highest BCUT2D eigenvalue weighted by atomic mass is 35.5. The number of anilines is 1. The first-order valence-electron chi connectivity index (χ1n) is 11.2. The van der Waals surface area contributed by atoms with Crippen LogP contribution in [-0.2, 0) is 20.2 Å². The number of para-hydroxylation sites is 1. The van der Waals surface area contributed by atoms with Crippen LogP contribution in [0.25, 0.3) is 5.69 Å². The molecule has 0 fully saturated rings. The minimum absolute atomic E-state index is 0.0871. The molecule has 0 spiro atoms. The lowest BCUT2D eigenvalue weighted by Gasteiger charge is -2.21. The van der Waals surface area contributed by atoms with Crippen LogP contribution in [0.1, 0.15) is 39.8 Å². The molecule has 0 aliphatic heterocycles. The Balaban J connectivity index is 1.90. The lowest BCUT2D eigenvalue weighted by atomic mass is 9.92. The van der Waals surface area contributed by atoms with Crippen molar-refractivity contribution in [1.29, 1.82) is 0 Å². The average Bonchev–Trinajstić information content (AvgIpc) is 3.23. The summed E-state index contributed by atoms with van der Waals surface area (Å²) in [4.78, 5) is 23.2. The van der Waals surface area contributed by atoms with Crippen LogP contribution in [0.3, 0.4) is 0 Å². The smallest absolute Gasteiger partial charge is 0.269 e. The predicted octanol–water partition coefficient (Wildman–Crippen LogP) is 4.77. The van der Waals surface area contributed by atoms with E-state index in [1.165, 1.54) is 4.68 Å². The number of hydrogen-bond acceptors (Lipinski definition) is 6. The number of halogens is 1. The predicted molar refractivity (Wildman–Crippen MR) is 138 cm³/mol. The first kappa shape index (κ1) is 27.3. The number of nitro benzene ring substituents is 1. The Labute approximate surface area is 215 Å². The average molecular weight is 534 g/mol. The van der Waals surface area contributed by atoms with E-state index in [0.29, 0.717) is 28.6 Å². The summed E-state index contributed by atoms with van der Waals surface area (Å²) in [7, 11) is -4.07. The summed E-state index contributed by atoms with van der Waals surface area (Å²) in [5.41, 5.74) is 0.728. The molecule has 3 rings (SSSR count). The van der Waals surface area contributed by atoms with Crippen molar-refractivity contribution in [3.05, 3.63) is 75.4 Å². The molecule has 0 saturated heterocycles. The fourth-order valence-corrected chi connectivity index (χ4v) is 5.11. The first-order chi connectivity index (χ1) is 16.8. The van der Waals surface area contributed by atoms with E-state index < -0.39 is 27.4 Å². The molecule has 0 saturated carbocycles. The van der Waals surface area contributed by atoms with Crippen LogP contribution in [0.4, 0.5) is 11.5 Å². The van der Waals surface area contributed by atoms with Gasteiger partial charge in [-0.25, -0.2) is 13.1 Å². The van der Waals surface area contributed by atoms with E-state index in [1.54, 1.807) is 37.3 Å². The van der Waals surface area contributed by atoms with Crippen LogP contribution in [0.5, 0.6) is 0 Å². The van der Waals surface area contributed by atoms with E-state index in [9.17, 15) is 23.3 Å². The van der Waals surface area contributed by atoms with Gasteiger partial charge in [-0.3, -0.25) is 14.9 Å². The zero-order chi connectivity index (χ0) is 26.7. The highest BCUT2D eigenvalue weighted by molar-refractivity contribution is 7.89. The molecule has 1 N–H and O–H groups in total. The van der Waals surface area contributed by atoms with E-state index in [2.05, 4.69) is 10.4 Å². The van der Waals surface area contributed by atoms with Crippen molar-refractivity contribution < 1.29 is 18.1 Å². The Morgan fingerprint density at radius 3 is 2.36 bits per heavy atom. The van der Waals surface area contributed by atoms with Crippen LogP contribution >= 0.6 is 11.6 Å². The molecule has 192 valence electrons. The molecule has 0 atom stereocenters. The summed E-state index contributed by atoms with van der Waals surface area (Å²) >= 11 is 6.37. The van der Waals surface area contributed by atoms with Crippen LogP contribution in [0, 0.1) is 10.1 Å². The van der Waals surface area contributed by atoms with Gasteiger partial charge >= 0.3 is 0 Å². The number of nitro groups is 1.